The average Bonchev–Trinajstić information content (AvgIpc) is 3.20. The van der Waals surface area contributed by atoms with Crippen LogP contribution in [0, 0.1) is 5.41 Å². The van der Waals surface area contributed by atoms with Crippen LogP contribution in [-0.4, -0.2) is 83.4 Å². The number of rotatable bonds is 42. The van der Waals surface area contributed by atoms with Crippen molar-refractivity contribution >= 4 is 0 Å². The monoisotopic (exact) mass is 801 g/mol. The maximum absolute atomic E-state index is 10.2. The molecule has 0 rings (SSSR count). The standard InChI is InChI=1S/C42H82O5.C6H14O3/c1-5-7-9-11-13-15-17-19-21-23-25-27-29-31-33-35-37-45-41(39(3)43)47-42(40(4)44)46-38-36-34-32-30-28-26-24-22-20-18-16-14-12-10-8-6-2;1-2-6(3-7,4-8)5-9/h19-22,39-44H,5-18,23-38H2,1-4H3;7-9H,2-5H2,1H3. The second kappa shape index (κ2) is 45.2. The lowest BCUT2D eigenvalue weighted by Crippen LogP contribution is -2.39. The third-order valence-corrected chi connectivity index (χ3v) is 10.7. The van der Waals surface area contributed by atoms with Crippen molar-refractivity contribution in [1.82, 2.24) is 0 Å². The molecule has 8 heteroatoms. The Kier molecular flexibility index (Phi) is 46.3. The molecule has 0 bridgehead atoms. The molecule has 0 heterocycles. The van der Waals surface area contributed by atoms with E-state index in [0.29, 0.717) is 19.6 Å². The normalized spacial score (nSPS) is 14.3. The molecule has 336 valence electrons. The molecule has 0 aliphatic heterocycles. The fourth-order valence-corrected chi connectivity index (χ4v) is 6.30. The zero-order valence-electron chi connectivity index (χ0n) is 37.6. The van der Waals surface area contributed by atoms with Gasteiger partial charge < -0.3 is 39.7 Å². The zero-order chi connectivity index (χ0) is 41.8. The quantitative estimate of drug-likeness (QED) is 0.0234. The Balaban J connectivity index is 0. The van der Waals surface area contributed by atoms with Gasteiger partial charge >= 0.3 is 0 Å². The summed E-state index contributed by atoms with van der Waals surface area (Å²) in [6.07, 6.45) is 42.5. The number of unbranched alkanes of at least 4 members (excludes halogenated alkanes) is 24. The minimum atomic E-state index is -0.794. The summed E-state index contributed by atoms with van der Waals surface area (Å²) >= 11 is 0. The van der Waals surface area contributed by atoms with Gasteiger partial charge in [-0.25, -0.2) is 0 Å². The van der Waals surface area contributed by atoms with Crippen molar-refractivity contribution in [2.75, 3.05) is 33.0 Å². The molecule has 0 spiro atoms. The lowest BCUT2D eigenvalue weighted by atomic mass is 9.88. The van der Waals surface area contributed by atoms with Crippen LogP contribution >= 0.6 is 0 Å². The smallest absolute Gasteiger partial charge is 0.186 e. The number of hydrogen-bond acceptors (Lipinski definition) is 8. The Bertz CT molecular complexity index is 727. The van der Waals surface area contributed by atoms with Crippen molar-refractivity contribution in [2.45, 2.75) is 246 Å². The molecule has 0 saturated heterocycles. The predicted molar refractivity (Wildman–Crippen MR) is 237 cm³/mol. The minimum absolute atomic E-state index is 0.156. The highest BCUT2D eigenvalue weighted by molar-refractivity contribution is 4.82. The Labute approximate surface area is 347 Å². The van der Waals surface area contributed by atoms with E-state index in [4.69, 9.17) is 29.5 Å². The van der Waals surface area contributed by atoms with Gasteiger partial charge in [0.2, 0.25) is 0 Å². The molecule has 5 N–H and O–H groups in total. The molecular weight excluding hydrogens is 705 g/mol. The minimum Gasteiger partial charge on any atom is -0.396 e. The van der Waals surface area contributed by atoms with Crippen molar-refractivity contribution in [2.24, 2.45) is 5.41 Å². The first-order valence-corrected chi connectivity index (χ1v) is 23.6. The van der Waals surface area contributed by atoms with E-state index in [2.05, 4.69) is 38.2 Å². The highest BCUT2D eigenvalue weighted by Gasteiger charge is 2.26. The van der Waals surface area contributed by atoms with Gasteiger partial charge in [0, 0.05) is 18.6 Å². The maximum Gasteiger partial charge on any atom is 0.186 e. The Morgan fingerprint density at radius 1 is 0.411 bits per heavy atom. The zero-order valence-corrected chi connectivity index (χ0v) is 37.6. The van der Waals surface area contributed by atoms with E-state index in [0.717, 1.165) is 25.7 Å². The largest absolute Gasteiger partial charge is 0.396 e. The second-order valence-electron chi connectivity index (χ2n) is 16.3. The summed E-state index contributed by atoms with van der Waals surface area (Å²) in [5.41, 5.74) is -0.667. The molecule has 4 unspecified atom stereocenters. The molecule has 0 aliphatic rings. The van der Waals surface area contributed by atoms with Gasteiger partial charge in [-0.3, -0.25) is 0 Å². The first kappa shape index (κ1) is 57.3. The number of aliphatic hydroxyl groups is 5. The SMILES string of the molecule is CCC(CO)(CO)CO.CCCCCCCCC=CCCCCCCCCOC(OC(OCCCCCCCCC=CCCCCCCCC)C(C)O)C(C)O. The first-order chi connectivity index (χ1) is 27.3. The fourth-order valence-electron chi connectivity index (χ4n) is 6.30. The van der Waals surface area contributed by atoms with Crippen LogP contribution in [0.5, 0.6) is 0 Å². The average molecular weight is 801 g/mol. The molecule has 0 aromatic carbocycles. The predicted octanol–water partition coefficient (Wildman–Crippen LogP) is 11.9. The number of hydrogen-bond donors (Lipinski definition) is 5. The van der Waals surface area contributed by atoms with Crippen LogP contribution in [0.25, 0.3) is 0 Å². The molecule has 4 atom stereocenters. The fraction of sp³-hybridized carbons (Fsp3) is 0.917. The van der Waals surface area contributed by atoms with Crippen LogP contribution in [0.1, 0.15) is 221 Å². The molecular formula is C48H96O8. The molecule has 0 aromatic rings. The Morgan fingerprint density at radius 3 is 0.911 bits per heavy atom. The van der Waals surface area contributed by atoms with Crippen molar-refractivity contribution in [3.63, 3.8) is 0 Å². The number of allylic oxidation sites excluding steroid dienone is 4. The van der Waals surface area contributed by atoms with Crippen LogP contribution in [0.4, 0.5) is 0 Å². The van der Waals surface area contributed by atoms with Gasteiger partial charge in [0.05, 0.1) is 19.8 Å². The van der Waals surface area contributed by atoms with Crippen molar-refractivity contribution < 1.29 is 39.7 Å². The van der Waals surface area contributed by atoms with Gasteiger partial charge in [-0.15, -0.1) is 0 Å². The summed E-state index contributed by atoms with van der Waals surface area (Å²) in [7, 11) is 0. The van der Waals surface area contributed by atoms with Crippen LogP contribution in [0.3, 0.4) is 0 Å². The number of ether oxygens (including phenoxy) is 3. The van der Waals surface area contributed by atoms with Gasteiger partial charge in [-0.1, -0.05) is 161 Å². The molecule has 8 nitrogen and oxygen atoms in total. The van der Waals surface area contributed by atoms with E-state index in [1.165, 1.54) is 154 Å². The van der Waals surface area contributed by atoms with Crippen molar-refractivity contribution in [3.05, 3.63) is 24.3 Å². The van der Waals surface area contributed by atoms with Crippen LogP contribution in [0.2, 0.25) is 0 Å². The summed E-state index contributed by atoms with van der Waals surface area (Å²) in [5, 5.41) is 46.4. The molecule has 0 amide bonds. The van der Waals surface area contributed by atoms with E-state index in [-0.39, 0.29) is 19.8 Å². The third kappa shape index (κ3) is 38.7. The van der Waals surface area contributed by atoms with Gasteiger partial charge in [0.15, 0.2) is 12.6 Å². The molecule has 0 aliphatic carbocycles. The van der Waals surface area contributed by atoms with Gasteiger partial charge in [0.25, 0.3) is 0 Å². The van der Waals surface area contributed by atoms with Crippen LogP contribution in [-0.2, 0) is 14.2 Å². The summed E-state index contributed by atoms with van der Waals surface area (Å²) in [4.78, 5) is 0. The highest BCUT2D eigenvalue weighted by Crippen LogP contribution is 2.19. The Morgan fingerprint density at radius 2 is 0.679 bits per heavy atom. The summed E-state index contributed by atoms with van der Waals surface area (Å²) in [5.74, 6) is 0. The van der Waals surface area contributed by atoms with Gasteiger partial charge in [-0.2, -0.15) is 0 Å². The lowest BCUT2D eigenvalue weighted by Gasteiger charge is -2.28. The third-order valence-electron chi connectivity index (χ3n) is 10.7. The van der Waals surface area contributed by atoms with Crippen molar-refractivity contribution in [1.29, 1.82) is 0 Å². The molecule has 56 heavy (non-hydrogen) atoms. The summed E-state index contributed by atoms with van der Waals surface area (Å²) in [6.45, 7) is 10.3. The van der Waals surface area contributed by atoms with E-state index in [1.54, 1.807) is 13.8 Å². The Hall–Kier alpha value is -0.840. The highest BCUT2D eigenvalue weighted by atomic mass is 16.8. The molecule has 0 radical (unpaired) electrons. The maximum atomic E-state index is 10.2. The van der Waals surface area contributed by atoms with E-state index in [1.807, 2.05) is 6.92 Å². The van der Waals surface area contributed by atoms with E-state index >= 15 is 0 Å². The first-order valence-electron chi connectivity index (χ1n) is 23.6. The van der Waals surface area contributed by atoms with Crippen LogP contribution in [0.15, 0.2) is 24.3 Å². The molecule has 0 saturated carbocycles. The summed E-state index contributed by atoms with van der Waals surface area (Å²) in [6, 6.07) is 0. The number of aliphatic hydroxyl groups excluding tert-OH is 5. The lowest BCUT2D eigenvalue weighted by molar-refractivity contribution is -0.291. The van der Waals surface area contributed by atoms with Gasteiger partial charge in [0.1, 0.15) is 12.2 Å². The van der Waals surface area contributed by atoms with E-state index < -0.39 is 30.2 Å². The topological polar surface area (TPSA) is 129 Å². The summed E-state index contributed by atoms with van der Waals surface area (Å²) < 4.78 is 17.6. The van der Waals surface area contributed by atoms with Crippen molar-refractivity contribution in [3.8, 4) is 0 Å². The molecule has 0 aromatic heterocycles. The molecule has 0 fully saturated rings. The van der Waals surface area contributed by atoms with Gasteiger partial charge in [-0.05, 0) is 84.5 Å². The second-order valence-corrected chi connectivity index (χ2v) is 16.3. The van der Waals surface area contributed by atoms with Crippen LogP contribution < -0.4 is 0 Å². The van der Waals surface area contributed by atoms with E-state index in [9.17, 15) is 10.2 Å².